The average Bonchev–Trinajstić information content (AvgIpc) is 2.39. The Labute approximate surface area is 102 Å². The Kier molecular flexibility index (Phi) is 2.34. The van der Waals surface area contributed by atoms with Crippen LogP contribution in [0.5, 0.6) is 0 Å². The molecule has 0 aliphatic rings. The number of benzene rings is 1. The van der Waals surface area contributed by atoms with E-state index < -0.39 is 0 Å². The van der Waals surface area contributed by atoms with Gasteiger partial charge in [0.25, 0.3) is 0 Å². The van der Waals surface area contributed by atoms with Gasteiger partial charge in [0.2, 0.25) is 0 Å². The Hall–Kier alpha value is -2.62. The first-order chi connectivity index (χ1) is 8.74. The molecule has 0 bridgehead atoms. The monoisotopic (exact) mass is 239 g/mol. The third-order valence-electron chi connectivity index (χ3n) is 2.67. The van der Waals surface area contributed by atoms with Crippen molar-refractivity contribution < 1.29 is 4.42 Å². The highest BCUT2D eigenvalue weighted by molar-refractivity contribution is 5.78. The zero-order valence-corrected chi connectivity index (χ0v) is 9.34. The molecule has 0 amide bonds. The second-order valence-corrected chi connectivity index (χ2v) is 3.91. The van der Waals surface area contributed by atoms with E-state index in [0.717, 1.165) is 0 Å². The molecule has 4 nitrogen and oxygen atoms in total. The van der Waals surface area contributed by atoms with Crippen molar-refractivity contribution in [1.29, 1.82) is 0 Å². The number of aromatic amines is 1. The molecule has 0 radical (unpaired) electrons. The summed E-state index contributed by atoms with van der Waals surface area (Å²) in [5.41, 5.74) is 0.728. The fraction of sp³-hybridized carbons (Fsp3) is 0. The van der Waals surface area contributed by atoms with Crippen molar-refractivity contribution in [2.24, 2.45) is 0 Å². The molecule has 3 aromatic rings. The van der Waals surface area contributed by atoms with Gasteiger partial charge in [-0.25, -0.2) is 0 Å². The predicted molar refractivity (Wildman–Crippen MR) is 68.5 cm³/mol. The normalized spacial score (nSPS) is 10.7. The first-order valence-electron chi connectivity index (χ1n) is 5.46. The number of hydrogen-bond donors (Lipinski definition) is 1. The number of pyridine rings is 1. The van der Waals surface area contributed by atoms with Gasteiger partial charge in [-0.15, -0.1) is 0 Å². The molecule has 4 heteroatoms. The molecule has 2 heterocycles. The molecule has 0 saturated carbocycles. The van der Waals surface area contributed by atoms with Crippen molar-refractivity contribution in [3.8, 4) is 11.5 Å². The Morgan fingerprint density at radius 1 is 1.00 bits per heavy atom. The van der Waals surface area contributed by atoms with Crippen LogP contribution in [0.15, 0.2) is 62.7 Å². The summed E-state index contributed by atoms with van der Waals surface area (Å²) in [7, 11) is 0. The maximum Gasteiger partial charge on any atom is 0.193 e. The number of aromatic nitrogens is 1. The standard InChI is InChI=1S/C14H9NO3/c16-9-5-6-15-11(7-9)14-8-12(17)10-3-1-2-4-13(10)18-14/h1-8H,(H,15,16). The van der Waals surface area contributed by atoms with Crippen molar-refractivity contribution in [2.45, 2.75) is 0 Å². The summed E-state index contributed by atoms with van der Waals surface area (Å²) < 4.78 is 5.61. The van der Waals surface area contributed by atoms with Crippen LogP contribution in [0.4, 0.5) is 0 Å². The molecule has 18 heavy (non-hydrogen) atoms. The Morgan fingerprint density at radius 2 is 1.83 bits per heavy atom. The third kappa shape index (κ3) is 1.73. The second-order valence-electron chi connectivity index (χ2n) is 3.91. The van der Waals surface area contributed by atoms with Crippen LogP contribution in [0, 0.1) is 0 Å². The van der Waals surface area contributed by atoms with E-state index in [1.807, 2.05) is 0 Å². The lowest BCUT2D eigenvalue weighted by Gasteiger charge is -2.02. The maximum absolute atomic E-state index is 11.9. The number of rotatable bonds is 1. The van der Waals surface area contributed by atoms with Gasteiger partial charge in [0.05, 0.1) is 11.1 Å². The fourth-order valence-corrected chi connectivity index (χ4v) is 1.82. The van der Waals surface area contributed by atoms with Crippen molar-refractivity contribution in [3.05, 3.63) is 69.1 Å². The van der Waals surface area contributed by atoms with Gasteiger partial charge in [-0.05, 0) is 12.1 Å². The quantitative estimate of drug-likeness (QED) is 0.707. The molecule has 0 saturated heterocycles. The van der Waals surface area contributed by atoms with Gasteiger partial charge < -0.3 is 9.40 Å². The molecule has 0 aliphatic heterocycles. The van der Waals surface area contributed by atoms with Crippen LogP contribution in [0.3, 0.4) is 0 Å². The van der Waals surface area contributed by atoms with Crippen LogP contribution in [-0.2, 0) is 0 Å². The molecule has 0 unspecified atom stereocenters. The Bertz CT molecular complexity index is 830. The van der Waals surface area contributed by atoms with E-state index in [-0.39, 0.29) is 10.9 Å². The van der Waals surface area contributed by atoms with Crippen LogP contribution in [-0.4, -0.2) is 4.98 Å². The van der Waals surface area contributed by atoms with Gasteiger partial charge in [0.15, 0.2) is 16.6 Å². The van der Waals surface area contributed by atoms with E-state index in [1.165, 1.54) is 24.4 Å². The molecule has 0 fully saturated rings. The van der Waals surface area contributed by atoms with Gasteiger partial charge in [-0.1, -0.05) is 12.1 Å². The van der Waals surface area contributed by atoms with Crippen molar-refractivity contribution >= 4 is 11.0 Å². The smallest absolute Gasteiger partial charge is 0.193 e. The molecule has 0 spiro atoms. The summed E-state index contributed by atoms with van der Waals surface area (Å²) >= 11 is 0. The van der Waals surface area contributed by atoms with Crippen molar-refractivity contribution in [3.63, 3.8) is 0 Å². The third-order valence-corrected chi connectivity index (χ3v) is 2.67. The number of para-hydroxylation sites is 1. The number of nitrogens with one attached hydrogen (secondary N) is 1. The zero-order chi connectivity index (χ0) is 12.5. The summed E-state index contributed by atoms with van der Waals surface area (Å²) in [4.78, 5) is 26.1. The molecular formula is C14H9NO3. The van der Waals surface area contributed by atoms with E-state index in [2.05, 4.69) is 4.98 Å². The summed E-state index contributed by atoms with van der Waals surface area (Å²) in [6.45, 7) is 0. The minimum atomic E-state index is -0.139. The summed E-state index contributed by atoms with van der Waals surface area (Å²) in [5.74, 6) is 0.358. The minimum Gasteiger partial charge on any atom is -0.454 e. The van der Waals surface area contributed by atoms with Gasteiger partial charge >= 0.3 is 0 Å². The maximum atomic E-state index is 11.9. The van der Waals surface area contributed by atoms with Crippen LogP contribution in [0.25, 0.3) is 22.4 Å². The van der Waals surface area contributed by atoms with Gasteiger partial charge in [0.1, 0.15) is 5.58 Å². The SMILES string of the molecule is O=c1cc[nH]c(-c2cc(=O)c3ccccc3o2)c1. The van der Waals surface area contributed by atoms with Crippen molar-refractivity contribution in [2.75, 3.05) is 0 Å². The lowest BCUT2D eigenvalue weighted by molar-refractivity contribution is 0.616. The Balaban J connectivity index is 2.31. The zero-order valence-electron chi connectivity index (χ0n) is 9.34. The lowest BCUT2D eigenvalue weighted by atomic mass is 10.2. The first kappa shape index (κ1) is 10.5. The van der Waals surface area contributed by atoms with Crippen LogP contribution in [0.1, 0.15) is 0 Å². The van der Waals surface area contributed by atoms with Crippen molar-refractivity contribution in [1.82, 2.24) is 4.98 Å². The summed E-state index contributed by atoms with van der Waals surface area (Å²) in [6, 6.07) is 11.2. The second kappa shape index (κ2) is 4.00. The fourth-order valence-electron chi connectivity index (χ4n) is 1.82. The summed E-state index contributed by atoms with van der Waals surface area (Å²) in [6.07, 6.45) is 1.52. The molecule has 88 valence electrons. The first-order valence-corrected chi connectivity index (χ1v) is 5.46. The average molecular weight is 239 g/mol. The Morgan fingerprint density at radius 3 is 2.67 bits per heavy atom. The molecule has 0 aliphatic carbocycles. The molecule has 1 aromatic carbocycles. The highest BCUT2D eigenvalue weighted by Gasteiger charge is 2.06. The van der Waals surface area contributed by atoms with E-state index in [9.17, 15) is 9.59 Å². The van der Waals surface area contributed by atoms with E-state index in [0.29, 0.717) is 22.4 Å². The van der Waals surface area contributed by atoms with Gasteiger partial charge in [-0.3, -0.25) is 9.59 Å². The van der Waals surface area contributed by atoms with E-state index in [4.69, 9.17) is 4.42 Å². The lowest BCUT2D eigenvalue weighted by Crippen LogP contribution is -2.03. The predicted octanol–water partition coefficient (Wildman–Crippen LogP) is 2.15. The summed E-state index contributed by atoms with van der Waals surface area (Å²) in [5, 5.41) is 0.527. The van der Waals surface area contributed by atoms with E-state index in [1.54, 1.807) is 24.3 Å². The van der Waals surface area contributed by atoms with E-state index >= 15 is 0 Å². The van der Waals surface area contributed by atoms with Gasteiger partial charge in [-0.2, -0.15) is 0 Å². The highest BCUT2D eigenvalue weighted by Crippen LogP contribution is 2.18. The number of fused-ring (bicyclic) bond motifs is 1. The van der Waals surface area contributed by atoms with Gasteiger partial charge in [0, 0.05) is 24.4 Å². The molecular weight excluding hydrogens is 230 g/mol. The number of hydrogen-bond acceptors (Lipinski definition) is 3. The highest BCUT2D eigenvalue weighted by atomic mass is 16.3. The minimum absolute atomic E-state index is 0.128. The molecule has 2 aromatic heterocycles. The molecule has 1 N–H and O–H groups in total. The topological polar surface area (TPSA) is 63.1 Å². The molecule has 0 atom stereocenters. The number of H-pyrrole nitrogens is 1. The van der Waals surface area contributed by atoms with Crippen LogP contribution < -0.4 is 10.9 Å². The largest absolute Gasteiger partial charge is 0.454 e. The van der Waals surface area contributed by atoms with Crippen LogP contribution >= 0.6 is 0 Å². The molecule has 3 rings (SSSR count). The van der Waals surface area contributed by atoms with Crippen LogP contribution in [0.2, 0.25) is 0 Å².